The SMILES string of the molecule is COC(CC(C)(CN)N(C)Cc1ccoc1C)OC. The molecule has 0 saturated carbocycles. The molecule has 110 valence electrons. The van der Waals surface area contributed by atoms with E-state index in [1.54, 1.807) is 20.5 Å². The molecule has 0 aromatic carbocycles. The molecule has 1 heterocycles. The number of nitrogens with two attached hydrogens (primary N) is 1. The first kappa shape index (κ1) is 16.2. The fourth-order valence-electron chi connectivity index (χ4n) is 2.04. The van der Waals surface area contributed by atoms with E-state index in [0.717, 1.165) is 12.3 Å². The van der Waals surface area contributed by atoms with Gasteiger partial charge in [0.1, 0.15) is 5.76 Å². The third-order valence-corrected chi connectivity index (χ3v) is 3.87. The molecule has 0 radical (unpaired) electrons. The second-order valence-corrected chi connectivity index (χ2v) is 5.16. The zero-order valence-corrected chi connectivity index (χ0v) is 12.6. The molecule has 1 atom stereocenters. The molecule has 19 heavy (non-hydrogen) atoms. The predicted molar refractivity (Wildman–Crippen MR) is 74.8 cm³/mol. The Balaban J connectivity index is 2.74. The van der Waals surface area contributed by atoms with Crippen LogP contribution < -0.4 is 5.73 Å². The standard InChI is InChI=1S/C14H26N2O3/c1-11-12(6-7-19-11)9-16(3)14(2,10-15)8-13(17-4)18-5/h6-7,13H,8-10,15H2,1-5H3. The molecule has 0 amide bonds. The van der Waals surface area contributed by atoms with Gasteiger partial charge in [0.15, 0.2) is 6.29 Å². The van der Waals surface area contributed by atoms with Crippen LogP contribution in [0, 0.1) is 6.92 Å². The molecule has 1 aromatic rings. The number of furan rings is 1. The summed E-state index contributed by atoms with van der Waals surface area (Å²) >= 11 is 0. The van der Waals surface area contributed by atoms with Gasteiger partial charge in [0, 0.05) is 44.8 Å². The second-order valence-electron chi connectivity index (χ2n) is 5.16. The van der Waals surface area contributed by atoms with Crippen molar-refractivity contribution in [3.05, 3.63) is 23.7 Å². The van der Waals surface area contributed by atoms with E-state index in [0.29, 0.717) is 13.0 Å². The van der Waals surface area contributed by atoms with Crippen LogP contribution >= 0.6 is 0 Å². The van der Waals surface area contributed by atoms with Gasteiger partial charge in [-0.1, -0.05) is 0 Å². The molecule has 1 rings (SSSR count). The number of likely N-dealkylation sites (N-methyl/N-ethyl adjacent to an activating group) is 1. The Morgan fingerprint density at radius 2 is 2.05 bits per heavy atom. The molecule has 0 fully saturated rings. The lowest BCUT2D eigenvalue weighted by atomic mass is 9.95. The Hall–Kier alpha value is -0.880. The lowest BCUT2D eigenvalue weighted by molar-refractivity contribution is -0.127. The minimum Gasteiger partial charge on any atom is -0.469 e. The molecule has 1 unspecified atom stereocenters. The summed E-state index contributed by atoms with van der Waals surface area (Å²) in [6, 6.07) is 1.99. The summed E-state index contributed by atoms with van der Waals surface area (Å²) in [4.78, 5) is 2.22. The summed E-state index contributed by atoms with van der Waals surface area (Å²) in [6.07, 6.45) is 2.18. The lowest BCUT2D eigenvalue weighted by Gasteiger charge is -2.39. The highest BCUT2D eigenvalue weighted by Crippen LogP contribution is 2.23. The van der Waals surface area contributed by atoms with E-state index >= 15 is 0 Å². The topological polar surface area (TPSA) is 60.9 Å². The Morgan fingerprint density at radius 1 is 1.42 bits per heavy atom. The maximum Gasteiger partial charge on any atom is 0.158 e. The largest absolute Gasteiger partial charge is 0.469 e. The molecule has 2 N–H and O–H groups in total. The van der Waals surface area contributed by atoms with Crippen LogP contribution in [-0.2, 0) is 16.0 Å². The van der Waals surface area contributed by atoms with Gasteiger partial charge in [0.2, 0.25) is 0 Å². The van der Waals surface area contributed by atoms with Crippen molar-refractivity contribution in [1.29, 1.82) is 0 Å². The number of ether oxygens (including phenoxy) is 2. The average molecular weight is 270 g/mol. The minimum atomic E-state index is -0.249. The zero-order valence-electron chi connectivity index (χ0n) is 12.6. The van der Waals surface area contributed by atoms with Crippen molar-refractivity contribution in [1.82, 2.24) is 4.90 Å². The highest BCUT2D eigenvalue weighted by Gasteiger charge is 2.31. The Morgan fingerprint density at radius 3 is 2.47 bits per heavy atom. The van der Waals surface area contributed by atoms with E-state index in [2.05, 4.69) is 18.9 Å². The molecular formula is C14H26N2O3. The molecule has 1 aromatic heterocycles. The lowest BCUT2D eigenvalue weighted by Crippen LogP contribution is -2.51. The first-order valence-corrected chi connectivity index (χ1v) is 6.46. The minimum absolute atomic E-state index is 0.194. The van der Waals surface area contributed by atoms with Gasteiger partial charge in [-0.25, -0.2) is 0 Å². The van der Waals surface area contributed by atoms with E-state index in [-0.39, 0.29) is 11.8 Å². The number of aryl methyl sites for hydroxylation is 1. The second kappa shape index (κ2) is 7.05. The summed E-state index contributed by atoms with van der Waals surface area (Å²) in [6.45, 7) is 5.41. The number of nitrogens with zero attached hydrogens (tertiary/aromatic N) is 1. The van der Waals surface area contributed by atoms with Gasteiger partial charge in [0.25, 0.3) is 0 Å². The number of rotatable bonds is 8. The van der Waals surface area contributed by atoms with Gasteiger partial charge in [-0.05, 0) is 27.0 Å². The molecule has 0 spiro atoms. The maximum absolute atomic E-state index is 5.96. The maximum atomic E-state index is 5.96. The number of hydrogen-bond acceptors (Lipinski definition) is 5. The summed E-state index contributed by atoms with van der Waals surface area (Å²) in [5, 5.41) is 0. The van der Waals surface area contributed by atoms with E-state index in [9.17, 15) is 0 Å². The summed E-state index contributed by atoms with van der Waals surface area (Å²) in [7, 11) is 5.35. The Bertz CT molecular complexity index is 377. The van der Waals surface area contributed by atoms with Gasteiger partial charge in [0.05, 0.1) is 6.26 Å². The van der Waals surface area contributed by atoms with Crippen molar-refractivity contribution >= 4 is 0 Å². The van der Waals surface area contributed by atoms with Gasteiger partial charge >= 0.3 is 0 Å². The molecular weight excluding hydrogens is 244 g/mol. The fourth-order valence-corrected chi connectivity index (χ4v) is 2.04. The normalized spacial score (nSPS) is 15.2. The number of hydrogen-bond donors (Lipinski definition) is 1. The quantitative estimate of drug-likeness (QED) is 0.729. The Kier molecular flexibility index (Phi) is 6.00. The third kappa shape index (κ3) is 4.04. The van der Waals surface area contributed by atoms with Crippen molar-refractivity contribution in [3.8, 4) is 0 Å². The molecule has 0 aliphatic carbocycles. The molecule has 5 heteroatoms. The van der Waals surface area contributed by atoms with Crippen molar-refractivity contribution in [2.24, 2.45) is 5.73 Å². The molecule has 0 aliphatic rings. The van der Waals surface area contributed by atoms with E-state index in [1.807, 2.05) is 13.0 Å². The molecule has 0 saturated heterocycles. The van der Waals surface area contributed by atoms with Gasteiger partial charge in [-0.15, -0.1) is 0 Å². The number of methoxy groups -OCH3 is 2. The monoisotopic (exact) mass is 270 g/mol. The van der Waals surface area contributed by atoms with Crippen LogP contribution in [0.3, 0.4) is 0 Å². The molecule has 0 aliphatic heterocycles. The van der Waals surface area contributed by atoms with Crippen LogP contribution in [0.1, 0.15) is 24.7 Å². The smallest absolute Gasteiger partial charge is 0.158 e. The molecule has 0 bridgehead atoms. The van der Waals surface area contributed by atoms with Crippen molar-refractivity contribution in [2.75, 3.05) is 27.8 Å². The highest BCUT2D eigenvalue weighted by atomic mass is 16.7. The fraction of sp³-hybridized carbons (Fsp3) is 0.714. The van der Waals surface area contributed by atoms with Crippen molar-refractivity contribution in [3.63, 3.8) is 0 Å². The average Bonchev–Trinajstić information content (AvgIpc) is 2.81. The summed E-state index contributed by atoms with van der Waals surface area (Å²) in [5.74, 6) is 0.946. The summed E-state index contributed by atoms with van der Waals surface area (Å²) in [5.41, 5.74) is 6.94. The highest BCUT2D eigenvalue weighted by molar-refractivity contribution is 5.15. The van der Waals surface area contributed by atoms with Crippen LogP contribution in [0.5, 0.6) is 0 Å². The van der Waals surface area contributed by atoms with Crippen LogP contribution in [-0.4, -0.2) is 44.5 Å². The molecule has 5 nitrogen and oxygen atoms in total. The van der Waals surface area contributed by atoms with Crippen LogP contribution in [0.25, 0.3) is 0 Å². The van der Waals surface area contributed by atoms with Gasteiger partial charge in [-0.3, -0.25) is 4.90 Å². The third-order valence-electron chi connectivity index (χ3n) is 3.87. The van der Waals surface area contributed by atoms with Crippen LogP contribution in [0.15, 0.2) is 16.7 Å². The van der Waals surface area contributed by atoms with E-state index in [1.165, 1.54) is 5.56 Å². The van der Waals surface area contributed by atoms with Crippen molar-refractivity contribution < 1.29 is 13.9 Å². The van der Waals surface area contributed by atoms with Crippen molar-refractivity contribution in [2.45, 2.75) is 38.6 Å². The van der Waals surface area contributed by atoms with Gasteiger partial charge in [-0.2, -0.15) is 0 Å². The van der Waals surface area contributed by atoms with E-state index in [4.69, 9.17) is 19.6 Å². The summed E-state index contributed by atoms with van der Waals surface area (Å²) < 4.78 is 15.9. The predicted octanol–water partition coefficient (Wildman–Crippen LogP) is 1.75. The zero-order chi connectivity index (χ0) is 14.5. The Labute approximate surface area is 115 Å². The van der Waals surface area contributed by atoms with E-state index < -0.39 is 0 Å². The van der Waals surface area contributed by atoms with Gasteiger partial charge < -0.3 is 19.6 Å². The van der Waals surface area contributed by atoms with Crippen LogP contribution in [0.2, 0.25) is 0 Å². The first-order chi connectivity index (χ1) is 8.96. The first-order valence-electron chi connectivity index (χ1n) is 6.46. The van der Waals surface area contributed by atoms with Crippen LogP contribution in [0.4, 0.5) is 0 Å².